The number of hydrogen-bond acceptors (Lipinski definition) is 12. The second-order valence-electron chi connectivity index (χ2n) is 12.8. The molecule has 0 saturated heterocycles. The molecule has 12 nitrogen and oxygen atoms in total. The first-order chi connectivity index (χ1) is 25.9. The number of unbranched alkanes of at least 4 members (excludes halogenated alkanes) is 15. The van der Waals surface area contributed by atoms with Crippen LogP contribution in [0.5, 0.6) is 0 Å². The van der Waals surface area contributed by atoms with Gasteiger partial charge in [-0.05, 0) is 6.42 Å². The predicted octanol–water partition coefficient (Wildman–Crippen LogP) is 6.39. The lowest BCUT2D eigenvalue weighted by Crippen LogP contribution is -2.15. The lowest BCUT2D eigenvalue weighted by Gasteiger charge is -2.09. The van der Waals surface area contributed by atoms with Gasteiger partial charge in [0.05, 0.1) is 139 Å². The Kier molecular flexibility index (Phi) is 50.1. The van der Waals surface area contributed by atoms with Gasteiger partial charge in [0.2, 0.25) is 0 Å². The van der Waals surface area contributed by atoms with E-state index in [0.717, 1.165) is 13.0 Å². The molecule has 0 amide bonds. The molecule has 0 aliphatic rings. The summed E-state index contributed by atoms with van der Waals surface area (Å²) < 4.78 is 60.3. The molecule has 314 valence electrons. The summed E-state index contributed by atoms with van der Waals surface area (Å²) in [5.74, 6) is 0. The minimum absolute atomic E-state index is 0.522. The highest BCUT2D eigenvalue weighted by atomic mass is 16.6. The van der Waals surface area contributed by atoms with E-state index in [1.54, 1.807) is 0 Å². The van der Waals surface area contributed by atoms with Crippen LogP contribution in [0.1, 0.15) is 110 Å². The quantitative estimate of drug-likeness (QED) is 0.0692. The van der Waals surface area contributed by atoms with Gasteiger partial charge in [0, 0.05) is 13.2 Å². The van der Waals surface area contributed by atoms with Crippen molar-refractivity contribution in [2.24, 2.45) is 5.73 Å². The van der Waals surface area contributed by atoms with Gasteiger partial charge >= 0.3 is 0 Å². The smallest absolute Gasteiger partial charge is 0.0701 e. The Bertz CT molecular complexity index is 560. The van der Waals surface area contributed by atoms with E-state index in [4.69, 9.17) is 57.8 Å². The normalized spacial score (nSPS) is 11.7. The first-order valence-corrected chi connectivity index (χ1v) is 21.0. The van der Waals surface area contributed by atoms with Crippen molar-refractivity contribution < 1.29 is 52.1 Å². The third-order valence-electron chi connectivity index (χ3n) is 8.12. The van der Waals surface area contributed by atoms with Crippen LogP contribution in [0, 0.1) is 0 Å². The summed E-state index contributed by atoms with van der Waals surface area (Å²) in [6.07, 6.45) is 22.2. The van der Waals surface area contributed by atoms with Crippen LogP contribution >= 0.6 is 0 Å². The van der Waals surface area contributed by atoms with E-state index < -0.39 is 0 Å². The van der Waals surface area contributed by atoms with E-state index in [1.165, 1.54) is 96.3 Å². The van der Waals surface area contributed by atoms with Crippen molar-refractivity contribution in [3.05, 3.63) is 0 Å². The van der Waals surface area contributed by atoms with E-state index >= 15 is 0 Å². The van der Waals surface area contributed by atoms with Crippen LogP contribution in [-0.4, -0.2) is 152 Å². The molecule has 0 aromatic carbocycles. The van der Waals surface area contributed by atoms with Crippen molar-refractivity contribution in [3.63, 3.8) is 0 Å². The Morgan fingerprint density at radius 3 is 0.596 bits per heavy atom. The fourth-order valence-electron chi connectivity index (χ4n) is 5.14. The largest absolute Gasteiger partial charge is 0.379 e. The van der Waals surface area contributed by atoms with Gasteiger partial charge in [0.1, 0.15) is 0 Å². The van der Waals surface area contributed by atoms with Gasteiger partial charge in [-0.25, -0.2) is 0 Å². The van der Waals surface area contributed by atoms with Crippen LogP contribution < -0.4 is 5.73 Å². The molecule has 0 aliphatic carbocycles. The standard InChI is InChI=1S/C40H83NO11/c1-2-3-4-5-6-7-8-9-10-11-12-13-14-15-16-17-19-42-21-23-44-25-27-46-29-31-48-33-35-50-37-39-52-40-38-51-36-34-49-32-30-47-28-26-45-24-22-43-20-18-41/h2-41H2,1H3. The van der Waals surface area contributed by atoms with Crippen LogP contribution in [0.2, 0.25) is 0 Å². The highest BCUT2D eigenvalue weighted by Gasteiger charge is 1.98. The average Bonchev–Trinajstić information content (AvgIpc) is 3.16. The Labute approximate surface area is 319 Å². The molecule has 0 aromatic rings. The molecule has 2 N–H and O–H groups in total. The molecular weight excluding hydrogens is 670 g/mol. The van der Waals surface area contributed by atoms with E-state index in [1.807, 2.05) is 0 Å². The average molecular weight is 754 g/mol. The third-order valence-corrected chi connectivity index (χ3v) is 8.12. The maximum absolute atomic E-state index is 5.69. The van der Waals surface area contributed by atoms with Gasteiger partial charge in [-0.1, -0.05) is 103 Å². The fraction of sp³-hybridized carbons (Fsp3) is 1.00. The number of rotatable bonds is 49. The maximum atomic E-state index is 5.69. The van der Waals surface area contributed by atoms with Gasteiger partial charge < -0.3 is 57.8 Å². The molecule has 0 saturated carbocycles. The highest BCUT2D eigenvalue weighted by Crippen LogP contribution is 2.13. The van der Waals surface area contributed by atoms with E-state index in [9.17, 15) is 0 Å². The molecule has 0 unspecified atom stereocenters. The van der Waals surface area contributed by atoms with Gasteiger partial charge in [0.25, 0.3) is 0 Å². The van der Waals surface area contributed by atoms with Gasteiger partial charge in [-0.2, -0.15) is 0 Å². The fourth-order valence-corrected chi connectivity index (χ4v) is 5.14. The monoisotopic (exact) mass is 754 g/mol. The topological polar surface area (TPSA) is 128 Å². The summed E-state index contributed by atoms with van der Waals surface area (Å²) >= 11 is 0. The van der Waals surface area contributed by atoms with E-state index in [2.05, 4.69) is 6.92 Å². The van der Waals surface area contributed by atoms with Gasteiger partial charge in [-0.3, -0.25) is 0 Å². The lowest BCUT2D eigenvalue weighted by atomic mass is 10.0. The molecular formula is C40H83NO11. The highest BCUT2D eigenvalue weighted by molar-refractivity contribution is 4.50. The van der Waals surface area contributed by atoms with Crippen LogP contribution in [0.15, 0.2) is 0 Å². The van der Waals surface area contributed by atoms with Crippen molar-refractivity contribution in [3.8, 4) is 0 Å². The summed E-state index contributed by atoms with van der Waals surface area (Å²) in [5, 5.41) is 0. The summed E-state index contributed by atoms with van der Waals surface area (Å²) in [7, 11) is 0. The molecule has 0 fully saturated rings. The maximum Gasteiger partial charge on any atom is 0.0701 e. The minimum atomic E-state index is 0.522. The van der Waals surface area contributed by atoms with Crippen LogP contribution in [0.3, 0.4) is 0 Å². The number of nitrogens with two attached hydrogens (primary N) is 1. The second kappa shape index (κ2) is 50.5. The predicted molar refractivity (Wildman–Crippen MR) is 208 cm³/mol. The van der Waals surface area contributed by atoms with Gasteiger partial charge in [0.15, 0.2) is 0 Å². The van der Waals surface area contributed by atoms with Crippen molar-refractivity contribution in [1.29, 1.82) is 0 Å². The molecule has 0 bridgehead atoms. The van der Waals surface area contributed by atoms with Gasteiger partial charge in [-0.15, -0.1) is 0 Å². The molecule has 0 heterocycles. The second-order valence-corrected chi connectivity index (χ2v) is 12.8. The number of ether oxygens (including phenoxy) is 11. The zero-order valence-corrected chi connectivity index (χ0v) is 33.6. The number of hydrogen-bond donors (Lipinski definition) is 1. The molecule has 0 spiro atoms. The summed E-state index contributed by atoms with van der Waals surface area (Å²) in [5.41, 5.74) is 5.34. The summed E-state index contributed by atoms with van der Waals surface area (Å²) in [4.78, 5) is 0. The summed E-state index contributed by atoms with van der Waals surface area (Å²) in [6, 6.07) is 0. The Morgan fingerprint density at radius 2 is 0.385 bits per heavy atom. The SMILES string of the molecule is CCCCCCCCCCCCCCCCCCOCCOCCOCCOCCOCCOCCOCCOCCOCCOCCOCCN. The molecule has 52 heavy (non-hydrogen) atoms. The molecule has 0 aromatic heterocycles. The summed E-state index contributed by atoms with van der Waals surface area (Å²) in [6.45, 7) is 15.1. The Morgan fingerprint density at radius 1 is 0.212 bits per heavy atom. The van der Waals surface area contributed by atoms with Crippen LogP contribution in [-0.2, 0) is 52.1 Å². The van der Waals surface area contributed by atoms with Crippen molar-refractivity contribution in [1.82, 2.24) is 0 Å². The Hall–Kier alpha value is -0.480. The zero-order chi connectivity index (χ0) is 37.4. The molecule has 0 radical (unpaired) electrons. The first-order valence-electron chi connectivity index (χ1n) is 21.0. The van der Waals surface area contributed by atoms with Crippen molar-refractivity contribution in [2.45, 2.75) is 110 Å². The molecule has 12 heteroatoms. The van der Waals surface area contributed by atoms with E-state index in [-0.39, 0.29) is 0 Å². The molecule has 0 rings (SSSR count). The third kappa shape index (κ3) is 49.5. The molecule has 0 atom stereocenters. The first kappa shape index (κ1) is 51.5. The van der Waals surface area contributed by atoms with Crippen molar-refractivity contribution in [2.75, 3.05) is 152 Å². The molecule has 0 aliphatic heterocycles. The van der Waals surface area contributed by atoms with Crippen LogP contribution in [0.4, 0.5) is 0 Å². The Balaban J connectivity index is 3.04. The lowest BCUT2D eigenvalue weighted by molar-refractivity contribution is -0.0274. The minimum Gasteiger partial charge on any atom is -0.379 e. The zero-order valence-electron chi connectivity index (χ0n) is 33.6. The van der Waals surface area contributed by atoms with E-state index in [0.29, 0.717) is 145 Å². The van der Waals surface area contributed by atoms with Crippen molar-refractivity contribution >= 4 is 0 Å². The van der Waals surface area contributed by atoms with Crippen LogP contribution in [0.25, 0.3) is 0 Å².